The summed E-state index contributed by atoms with van der Waals surface area (Å²) in [4.78, 5) is 24.5. The molecule has 0 aromatic carbocycles. The summed E-state index contributed by atoms with van der Waals surface area (Å²) in [6.07, 6.45) is 72.2. The number of nitrogens with one attached hydrogen (secondary N) is 1. The molecule has 1 amide bonds. The molecule has 69 heavy (non-hydrogen) atoms. The molecule has 6 nitrogen and oxygen atoms in total. The highest BCUT2D eigenvalue weighted by molar-refractivity contribution is 5.76. The van der Waals surface area contributed by atoms with Gasteiger partial charge in [0.2, 0.25) is 5.91 Å². The topological polar surface area (TPSA) is 95.9 Å². The molecule has 6 heteroatoms. The van der Waals surface area contributed by atoms with Crippen LogP contribution in [0.2, 0.25) is 0 Å². The molecule has 408 valence electrons. The number of ether oxygens (including phenoxy) is 1. The molecule has 0 aliphatic rings. The van der Waals surface area contributed by atoms with Crippen LogP contribution in [0.5, 0.6) is 0 Å². The molecule has 0 saturated carbocycles. The lowest BCUT2D eigenvalue weighted by atomic mass is 10.0. The zero-order chi connectivity index (χ0) is 50.0. The number of hydrogen-bond acceptors (Lipinski definition) is 5. The molecule has 0 heterocycles. The molecular formula is C63H121NO5. The molecule has 0 spiro atoms. The zero-order valence-electron chi connectivity index (χ0n) is 46.6. The monoisotopic (exact) mass is 972 g/mol. The fraction of sp³-hybridized carbons (Fsp3) is 0.905. The van der Waals surface area contributed by atoms with Crippen molar-refractivity contribution in [2.45, 2.75) is 353 Å². The summed E-state index contributed by atoms with van der Waals surface area (Å²) in [5, 5.41) is 23.1. The number of aliphatic hydroxyl groups excluding tert-OH is 2. The predicted molar refractivity (Wildman–Crippen MR) is 301 cm³/mol. The number of carbonyl (C=O) groups excluding carboxylic acids is 2. The van der Waals surface area contributed by atoms with Gasteiger partial charge in [0.05, 0.1) is 25.4 Å². The van der Waals surface area contributed by atoms with E-state index in [0.29, 0.717) is 19.4 Å². The summed E-state index contributed by atoms with van der Waals surface area (Å²) in [5.41, 5.74) is 0. The zero-order valence-corrected chi connectivity index (χ0v) is 46.6. The molecule has 0 aromatic rings. The van der Waals surface area contributed by atoms with E-state index in [1.54, 1.807) is 6.08 Å². The Kier molecular flexibility index (Phi) is 57.5. The number of aliphatic hydroxyl groups is 2. The van der Waals surface area contributed by atoms with Gasteiger partial charge in [0, 0.05) is 12.8 Å². The number of allylic oxidation sites excluding steroid dienone is 3. The standard InChI is InChI=1S/C63H121NO5/c1-3-5-7-9-11-13-15-17-18-29-33-37-41-45-49-53-57-63(68)69-58-54-50-46-42-38-34-30-27-25-23-21-19-20-22-24-26-28-32-36-40-44-48-52-56-62(67)64-60(59-65)61(66)55-51-47-43-39-35-31-16-14-12-10-8-6-4-2/h22,24,51,55,60-61,65-66H,3-21,23,25-50,52-54,56-59H2,1-2H3,(H,64,67)/b24-22-,55-51+. The third-order valence-electron chi connectivity index (χ3n) is 14.5. The third-order valence-corrected chi connectivity index (χ3v) is 14.5. The molecule has 0 aromatic heterocycles. The van der Waals surface area contributed by atoms with Gasteiger partial charge in [-0.15, -0.1) is 0 Å². The average molecular weight is 973 g/mol. The summed E-state index contributed by atoms with van der Waals surface area (Å²) < 4.78 is 5.49. The largest absolute Gasteiger partial charge is 0.466 e. The average Bonchev–Trinajstić information content (AvgIpc) is 3.35. The van der Waals surface area contributed by atoms with Crippen molar-refractivity contribution < 1.29 is 24.5 Å². The molecule has 0 rings (SSSR count). The van der Waals surface area contributed by atoms with Crippen molar-refractivity contribution in [1.82, 2.24) is 5.32 Å². The number of carbonyl (C=O) groups is 2. The van der Waals surface area contributed by atoms with Crippen LogP contribution in [0.25, 0.3) is 0 Å². The van der Waals surface area contributed by atoms with E-state index in [9.17, 15) is 19.8 Å². The Bertz CT molecular complexity index is 1080. The van der Waals surface area contributed by atoms with Crippen molar-refractivity contribution in [3.8, 4) is 0 Å². The molecule has 0 bridgehead atoms. The van der Waals surface area contributed by atoms with E-state index >= 15 is 0 Å². The van der Waals surface area contributed by atoms with E-state index in [-0.39, 0.29) is 18.5 Å². The second kappa shape index (κ2) is 58.9. The summed E-state index contributed by atoms with van der Waals surface area (Å²) in [6, 6.07) is -0.631. The molecule has 2 atom stereocenters. The minimum Gasteiger partial charge on any atom is -0.466 e. The van der Waals surface area contributed by atoms with Crippen molar-refractivity contribution in [2.24, 2.45) is 0 Å². The van der Waals surface area contributed by atoms with Gasteiger partial charge in [-0.25, -0.2) is 0 Å². The lowest BCUT2D eigenvalue weighted by Crippen LogP contribution is -2.45. The van der Waals surface area contributed by atoms with Crippen molar-refractivity contribution in [1.29, 1.82) is 0 Å². The Morgan fingerprint density at radius 1 is 0.391 bits per heavy atom. The first kappa shape index (κ1) is 67.3. The maximum absolute atomic E-state index is 12.4. The SMILES string of the molecule is CCCCCCCCCCCCC/C=C/C(O)C(CO)NC(=O)CCCCCCCCC/C=C\CCCCCCCCCCCCCCOC(=O)CCCCCCCCCCCCCCCCCC. The van der Waals surface area contributed by atoms with Crippen LogP contribution in [-0.2, 0) is 14.3 Å². The van der Waals surface area contributed by atoms with Gasteiger partial charge in [0.15, 0.2) is 0 Å². The van der Waals surface area contributed by atoms with E-state index in [0.717, 1.165) is 44.9 Å². The molecule has 0 aliphatic carbocycles. The maximum Gasteiger partial charge on any atom is 0.305 e. The Hall–Kier alpha value is -1.66. The van der Waals surface area contributed by atoms with Crippen LogP contribution in [0.15, 0.2) is 24.3 Å². The van der Waals surface area contributed by atoms with Gasteiger partial charge in [-0.05, 0) is 57.8 Å². The van der Waals surface area contributed by atoms with Gasteiger partial charge in [0.25, 0.3) is 0 Å². The van der Waals surface area contributed by atoms with Gasteiger partial charge < -0.3 is 20.3 Å². The van der Waals surface area contributed by atoms with Crippen molar-refractivity contribution in [3.63, 3.8) is 0 Å². The lowest BCUT2D eigenvalue weighted by molar-refractivity contribution is -0.143. The van der Waals surface area contributed by atoms with Crippen LogP contribution >= 0.6 is 0 Å². The fourth-order valence-electron chi connectivity index (χ4n) is 9.69. The molecule has 0 fully saturated rings. The first-order valence-corrected chi connectivity index (χ1v) is 31.1. The normalized spacial score (nSPS) is 12.7. The van der Waals surface area contributed by atoms with E-state index in [1.165, 1.54) is 270 Å². The molecular weight excluding hydrogens is 851 g/mol. The van der Waals surface area contributed by atoms with E-state index in [2.05, 4.69) is 31.3 Å². The lowest BCUT2D eigenvalue weighted by Gasteiger charge is -2.20. The van der Waals surface area contributed by atoms with Crippen LogP contribution in [0.4, 0.5) is 0 Å². The molecule has 0 saturated heterocycles. The van der Waals surface area contributed by atoms with E-state index in [4.69, 9.17) is 4.74 Å². The van der Waals surface area contributed by atoms with Crippen LogP contribution in [0.1, 0.15) is 341 Å². The highest BCUT2D eigenvalue weighted by Crippen LogP contribution is 2.17. The van der Waals surface area contributed by atoms with Gasteiger partial charge in [0.1, 0.15) is 0 Å². The van der Waals surface area contributed by atoms with Crippen LogP contribution in [0.3, 0.4) is 0 Å². The Labute approximate surface area is 431 Å². The van der Waals surface area contributed by atoms with Crippen molar-refractivity contribution >= 4 is 11.9 Å². The Morgan fingerprint density at radius 2 is 0.681 bits per heavy atom. The predicted octanol–water partition coefficient (Wildman–Crippen LogP) is 19.4. The highest BCUT2D eigenvalue weighted by atomic mass is 16.5. The first-order valence-electron chi connectivity index (χ1n) is 31.1. The fourth-order valence-corrected chi connectivity index (χ4v) is 9.69. The summed E-state index contributed by atoms with van der Waals surface area (Å²) in [7, 11) is 0. The number of amides is 1. The summed E-state index contributed by atoms with van der Waals surface area (Å²) in [6.45, 7) is 4.92. The Morgan fingerprint density at radius 3 is 1.03 bits per heavy atom. The van der Waals surface area contributed by atoms with Gasteiger partial charge in [-0.1, -0.05) is 295 Å². The third kappa shape index (κ3) is 55.5. The van der Waals surface area contributed by atoms with Crippen LogP contribution in [0, 0.1) is 0 Å². The Balaban J connectivity index is 3.40. The second-order valence-electron chi connectivity index (χ2n) is 21.4. The minimum absolute atomic E-state index is 0.0147. The number of esters is 1. The molecule has 3 N–H and O–H groups in total. The summed E-state index contributed by atoms with van der Waals surface area (Å²) >= 11 is 0. The highest BCUT2D eigenvalue weighted by Gasteiger charge is 2.18. The van der Waals surface area contributed by atoms with Crippen molar-refractivity contribution in [2.75, 3.05) is 13.2 Å². The van der Waals surface area contributed by atoms with Crippen molar-refractivity contribution in [3.05, 3.63) is 24.3 Å². The quantitative estimate of drug-likeness (QED) is 0.0321. The minimum atomic E-state index is -0.847. The van der Waals surface area contributed by atoms with Gasteiger partial charge in [-0.3, -0.25) is 9.59 Å². The first-order chi connectivity index (χ1) is 34.0. The summed E-state index contributed by atoms with van der Waals surface area (Å²) in [5.74, 6) is -0.0589. The number of hydrogen-bond donors (Lipinski definition) is 3. The van der Waals surface area contributed by atoms with Gasteiger partial charge in [-0.2, -0.15) is 0 Å². The molecule has 2 unspecified atom stereocenters. The molecule has 0 aliphatic heterocycles. The maximum atomic E-state index is 12.4. The van der Waals surface area contributed by atoms with E-state index < -0.39 is 12.1 Å². The smallest absolute Gasteiger partial charge is 0.305 e. The molecule has 0 radical (unpaired) electrons. The number of unbranched alkanes of at least 4 members (excludes halogenated alkanes) is 45. The van der Waals surface area contributed by atoms with Gasteiger partial charge >= 0.3 is 5.97 Å². The number of rotatable bonds is 58. The second-order valence-corrected chi connectivity index (χ2v) is 21.4. The van der Waals surface area contributed by atoms with Crippen LogP contribution < -0.4 is 5.32 Å². The van der Waals surface area contributed by atoms with Crippen LogP contribution in [-0.4, -0.2) is 47.4 Å². The van der Waals surface area contributed by atoms with E-state index in [1.807, 2.05) is 6.08 Å².